The first-order valence-corrected chi connectivity index (χ1v) is 10.5. The Bertz CT molecular complexity index is 1020. The largest absolute Gasteiger partial charge is 0.330 e. The summed E-state index contributed by atoms with van der Waals surface area (Å²) >= 11 is 0. The molecule has 0 saturated carbocycles. The summed E-state index contributed by atoms with van der Waals surface area (Å²) in [6.07, 6.45) is -0.243. The molecule has 1 aliphatic rings. The van der Waals surface area contributed by atoms with Crippen molar-refractivity contribution in [1.29, 1.82) is 0 Å². The first-order chi connectivity index (χ1) is 15.2. The number of carbonyl (C=O) groups excluding carboxylic acids is 4. The topological polar surface area (TPSA) is 108 Å². The average molecular weight is 437 g/mol. The lowest BCUT2D eigenvalue weighted by atomic mass is 10.0. The van der Waals surface area contributed by atoms with Crippen LogP contribution in [0.15, 0.2) is 48.5 Å². The highest BCUT2D eigenvalue weighted by atomic mass is 16.2. The minimum absolute atomic E-state index is 0.243. The maximum absolute atomic E-state index is 13.3. The van der Waals surface area contributed by atoms with Gasteiger partial charge >= 0.3 is 6.03 Å². The molecule has 168 valence electrons. The molecule has 0 bridgehead atoms. The number of hydrogen-bond acceptors (Lipinski definition) is 4. The standard InChI is InChI=1S/C24H28N4O4/c1-14(2)16-9-11-18(12-10-16)25-23(31)21(17-7-5-15(3)6-8-17)28(4)20(29)13-19-22(30)27-24(32)26-19/h5-12,14,19,21H,13H2,1-4H3,(H,25,31)(H2,26,27,30,32). The summed E-state index contributed by atoms with van der Waals surface area (Å²) in [5.74, 6) is -0.999. The highest BCUT2D eigenvalue weighted by Crippen LogP contribution is 2.24. The van der Waals surface area contributed by atoms with Crippen LogP contribution in [0.2, 0.25) is 0 Å². The maximum atomic E-state index is 13.3. The Morgan fingerprint density at radius 1 is 1.00 bits per heavy atom. The molecule has 0 aliphatic carbocycles. The van der Waals surface area contributed by atoms with Crippen LogP contribution in [0.1, 0.15) is 48.9 Å². The number of carbonyl (C=O) groups is 4. The third kappa shape index (κ3) is 5.32. The molecule has 5 amide bonds. The van der Waals surface area contributed by atoms with Gasteiger partial charge in [-0.3, -0.25) is 19.7 Å². The number of anilines is 1. The summed E-state index contributed by atoms with van der Waals surface area (Å²) in [6, 6.07) is 12.4. The molecule has 2 unspecified atom stereocenters. The van der Waals surface area contributed by atoms with Crippen molar-refractivity contribution >= 4 is 29.4 Å². The summed E-state index contributed by atoms with van der Waals surface area (Å²) in [7, 11) is 1.52. The Kier molecular flexibility index (Phi) is 6.92. The fourth-order valence-electron chi connectivity index (χ4n) is 3.53. The number of rotatable bonds is 7. The second-order valence-electron chi connectivity index (χ2n) is 8.30. The van der Waals surface area contributed by atoms with Crippen LogP contribution in [0.3, 0.4) is 0 Å². The van der Waals surface area contributed by atoms with Gasteiger partial charge in [-0.1, -0.05) is 55.8 Å². The van der Waals surface area contributed by atoms with E-state index in [4.69, 9.17) is 0 Å². The maximum Gasteiger partial charge on any atom is 0.322 e. The molecule has 2 atom stereocenters. The molecule has 1 heterocycles. The smallest absolute Gasteiger partial charge is 0.322 e. The zero-order valence-electron chi connectivity index (χ0n) is 18.6. The molecular weight excluding hydrogens is 408 g/mol. The highest BCUT2D eigenvalue weighted by Gasteiger charge is 2.35. The van der Waals surface area contributed by atoms with Crippen LogP contribution < -0.4 is 16.0 Å². The first kappa shape index (κ1) is 23.0. The molecule has 8 nitrogen and oxygen atoms in total. The van der Waals surface area contributed by atoms with Crippen LogP contribution in [0.5, 0.6) is 0 Å². The molecule has 0 spiro atoms. The molecule has 32 heavy (non-hydrogen) atoms. The van der Waals surface area contributed by atoms with Gasteiger partial charge in [0.25, 0.3) is 11.8 Å². The molecule has 2 aromatic rings. The lowest BCUT2D eigenvalue weighted by Gasteiger charge is -2.28. The molecule has 1 saturated heterocycles. The van der Waals surface area contributed by atoms with E-state index in [-0.39, 0.29) is 12.3 Å². The lowest BCUT2D eigenvalue weighted by Crippen LogP contribution is -2.42. The van der Waals surface area contributed by atoms with E-state index < -0.39 is 29.9 Å². The third-order valence-corrected chi connectivity index (χ3v) is 5.50. The van der Waals surface area contributed by atoms with Gasteiger partial charge in [-0.05, 0) is 36.1 Å². The summed E-state index contributed by atoms with van der Waals surface area (Å²) in [6.45, 7) is 6.12. The average Bonchev–Trinajstić information content (AvgIpc) is 3.06. The number of urea groups is 1. The Balaban J connectivity index is 1.81. The van der Waals surface area contributed by atoms with Crippen molar-refractivity contribution < 1.29 is 19.2 Å². The van der Waals surface area contributed by atoms with E-state index in [0.29, 0.717) is 17.2 Å². The summed E-state index contributed by atoms with van der Waals surface area (Å²) < 4.78 is 0. The molecule has 1 aliphatic heterocycles. The number of hydrogen-bond donors (Lipinski definition) is 3. The van der Waals surface area contributed by atoms with Gasteiger partial charge in [0.1, 0.15) is 12.1 Å². The lowest BCUT2D eigenvalue weighted by molar-refractivity contribution is -0.138. The van der Waals surface area contributed by atoms with Crippen LogP contribution >= 0.6 is 0 Å². The van der Waals surface area contributed by atoms with E-state index >= 15 is 0 Å². The second-order valence-corrected chi connectivity index (χ2v) is 8.30. The third-order valence-electron chi connectivity index (χ3n) is 5.50. The van der Waals surface area contributed by atoms with E-state index in [0.717, 1.165) is 11.1 Å². The number of nitrogens with zero attached hydrogens (tertiary/aromatic N) is 1. The van der Waals surface area contributed by atoms with E-state index in [1.54, 1.807) is 12.1 Å². The van der Waals surface area contributed by atoms with Gasteiger partial charge in [0.05, 0.1) is 6.42 Å². The predicted octanol–water partition coefficient (Wildman–Crippen LogP) is 2.85. The van der Waals surface area contributed by atoms with Gasteiger partial charge in [-0.15, -0.1) is 0 Å². The Labute approximate surface area is 187 Å². The number of imide groups is 1. The van der Waals surface area contributed by atoms with Crippen molar-refractivity contribution in [3.8, 4) is 0 Å². The summed E-state index contributed by atoms with van der Waals surface area (Å²) in [5, 5.41) is 7.40. The van der Waals surface area contributed by atoms with Crippen LogP contribution in [0.4, 0.5) is 10.5 Å². The van der Waals surface area contributed by atoms with Crippen molar-refractivity contribution in [3.63, 3.8) is 0 Å². The molecule has 3 N–H and O–H groups in total. The molecule has 3 rings (SSSR count). The first-order valence-electron chi connectivity index (χ1n) is 10.5. The Morgan fingerprint density at radius 3 is 2.12 bits per heavy atom. The molecule has 8 heteroatoms. The fourth-order valence-corrected chi connectivity index (χ4v) is 3.53. The molecular formula is C24H28N4O4. The van der Waals surface area contributed by atoms with Crippen molar-refractivity contribution in [1.82, 2.24) is 15.5 Å². The van der Waals surface area contributed by atoms with E-state index in [9.17, 15) is 19.2 Å². The summed E-state index contributed by atoms with van der Waals surface area (Å²) in [4.78, 5) is 50.7. The number of likely N-dealkylation sites (N-methyl/N-ethyl adjacent to an activating group) is 1. The van der Waals surface area contributed by atoms with Crippen molar-refractivity contribution in [2.24, 2.45) is 0 Å². The van der Waals surface area contributed by atoms with Crippen molar-refractivity contribution in [3.05, 3.63) is 65.2 Å². The fraction of sp³-hybridized carbons (Fsp3) is 0.333. The van der Waals surface area contributed by atoms with Gasteiger partial charge < -0.3 is 15.5 Å². The highest BCUT2D eigenvalue weighted by molar-refractivity contribution is 6.06. The van der Waals surface area contributed by atoms with E-state index in [1.807, 2.05) is 43.3 Å². The number of benzene rings is 2. The Morgan fingerprint density at radius 2 is 1.59 bits per heavy atom. The second kappa shape index (κ2) is 9.64. The Hall–Kier alpha value is -3.68. The molecule has 2 aromatic carbocycles. The number of aryl methyl sites for hydroxylation is 1. The van der Waals surface area contributed by atoms with Gasteiger partial charge in [0.15, 0.2) is 0 Å². The van der Waals surface area contributed by atoms with Crippen molar-refractivity contribution in [2.75, 3.05) is 12.4 Å². The SMILES string of the molecule is Cc1ccc(C(C(=O)Nc2ccc(C(C)C)cc2)N(C)C(=O)CC2NC(=O)NC2=O)cc1. The number of nitrogens with one attached hydrogen (secondary N) is 3. The quantitative estimate of drug-likeness (QED) is 0.580. The van der Waals surface area contributed by atoms with Crippen LogP contribution in [-0.4, -0.2) is 41.7 Å². The zero-order chi connectivity index (χ0) is 23.4. The van der Waals surface area contributed by atoms with E-state index in [1.165, 1.54) is 11.9 Å². The van der Waals surface area contributed by atoms with Gasteiger partial charge in [0.2, 0.25) is 5.91 Å². The molecule has 0 aromatic heterocycles. The monoisotopic (exact) mass is 436 g/mol. The normalized spacial score (nSPS) is 16.3. The van der Waals surface area contributed by atoms with Crippen LogP contribution in [-0.2, 0) is 14.4 Å². The molecule has 0 radical (unpaired) electrons. The van der Waals surface area contributed by atoms with E-state index in [2.05, 4.69) is 29.8 Å². The summed E-state index contributed by atoms with van der Waals surface area (Å²) in [5.41, 5.74) is 3.45. The number of amides is 5. The van der Waals surface area contributed by atoms with Crippen LogP contribution in [0.25, 0.3) is 0 Å². The minimum Gasteiger partial charge on any atom is -0.330 e. The molecule has 1 fully saturated rings. The van der Waals surface area contributed by atoms with Crippen LogP contribution in [0, 0.1) is 6.92 Å². The van der Waals surface area contributed by atoms with Gasteiger partial charge in [0, 0.05) is 12.7 Å². The van der Waals surface area contributed by atoms with Gasteiger partial charge in [-0.2, -0.15) is 0 Å². The zero-order valence-corrected chi connectivity index (χ0v) is 18.6. The predicted molar refractivity (Wildman–Crippen MR) is 121 cm³/mol. The van der Waals surface area contributed by atoms with Crippen molar-refractivity contribution in [2.45, 2.75) is 45.2 Å². The minimum atomic E-state index is -0.956. The van der Waals surface area contributed by atoms with Gasteiger partial charge in [-0.25, -0.2) is 4.79 Å².